The molecule has 0 spiro atoms. The molecule has 0 fully saturated rings. The Balaban J connectivity index is 1.60. The van der Waals surface area contributed by atoms with Gasteiger partial charge in [-0.15, -0.1) is 0 Å². The molecule has 0 saturated heterocycles. The number of hydrogen-bond acceptors (Lipinski definition) is 11. The minimum Gasteiger partial charge on any atom is -0.493 e. The fraction of sp³-hybridized carbons (Fsp3) is 0.421. The number of hydrogen-bond donors (Lipinski definition) is 3. The van der Waals surface area contributed by atoms with Crippen LogP contribution in [0.2, 0.25) is 0 Å². The molecule has 3 aromatic rings. The van der Waals surface area contributed by atoms with Crippen LogP contribution in [0.1, 0.15) is 48.1 Å². The molecule has 2 aliphatic rings. The summed E-state index contributed by atoms with van der Waals surface area (Å²) in [5.41, 5.74) is 10.2. The number of anilines is 1. The van der Waals surface area contributed by atoms with Crippen molar-refractivity contribution in [3.63, 3.8) is 0 Å². The molecule has 52 heavy (non-hydrogen) atoms. The number of amides is 3. The monoisotopic (exact) mass is 734 g/mol. The van der Waals surface area contributed by atoms with Crippen LogP contribution in [0.15, 0.2) is 41.2 Å². The number of fused-ring (bicyclic) bond motifs is 4. The molecule has 3 unspecified atom stereocenters. The fourth-order valence-electron chi connectivity index (χ4n) is 7.11. The zero-order chi connectivity index (χ0) is 37.7. The molecule has 0 saturated carbocycles. The van der Waals surface area contributed by atoms with Crippen LogP contribution >= 0.6 is 11.8 Å². The van der Waals surface area contributed by atoms with Crippen LogP contribution in [0.3, 0.4) is 0 Å². The van der Waals surface area contributed by atoms with E-state index in [1.165, 1.54) is 46.3 Å². The number of thioether (sulfide) groups is 1. The van der Waals surface area contributed by atoms with Crippen molar-refractivity contribution in [1.82, 2.24) is 10.2 Å². The number of carbonyl (C=O) groups excluding carboxylic acids is 3. The van der Waals surface area contributed by atoms with Crippen LogP contribution in [-0.4, -0.2) is 82.3 Å². The molecule has 3 aromatic carbocycles. The Hall–Kier alpha value is -5.11. The van der Waals surface area contributed by atoms with Gasteiger partial charge in [-0.05, 0) is 89.4 Å². The first-order valence-electron chi connectivity index (χ1n) is 16.9. The molecule has 0 bridgehead atoms. The lowest BCUT2D eigenvalue weighted by Gasteiger charge is -2.37. The van der Waals surface area contributed by atoms with E-state index in [-0.39, 0.29) is 35.9 Å². The molecule has 3 atom stereocenters. The topological polar surface area (TPSA) is 168 Å². The van der Waals surface area contributed by atoms with E-state index in [0.29, 0.717) is 70.5 Å². The van der Waals surface area contributed by atoms with Crippen LogP contribution < -0.4 is 45.5 Å². The van der Waals surface area contributed by atoms with E-state index in [1.807, 2.05) is 12.3 Å². The summed E-state index contributed by atoms with van der Waals surface area (Å²) in [5, 5.41) is 6.25. The van der Waals surface area contributed by atoms with Crippen LogP contribution in [-0.2, 0) is 33.8 Å². The number of nitrogens with two attached hydrogens (primary N) is 1. The molecule has 0 radical (unpaired) electrons. The van der Waals surface area contributed by atoms with Gasteiger partial charge in [0.1, 0.15) is 12.1 Å². The second kappa shape index (κ2) is 16.5. The molecular formula is C38H46N4O9S. The number of ether oxygens (including phenoxy) is 5. The van der Waals surface area contributed by atoms with Crippen molar-refractivity contribution in [2.75, 3.05) is 52.9 Å². The quantitative estimate of drug-likeness (QED) is 0.233. The van der Waals surface area contributed by atoms with E-state index in [0.717, 1.165) is 16.7 Å². The van der Waals surface area contributed by atoms with Crippen molar-refractivity contribution in [3.05, 3.63) is 68.9 Å². The Morgan fingerprint density at radius 3 is 2.15 bits per heavy atom. The van der Waals surface area contributed by atoms with E-state index >= 15 is 0 Å². The highest BCUT2D eigenvalue weighted by Gasteiger charge is 2.38. The van der Waals surface area contributed by atoms with Gasteiger partial charge in [0.15, 0.2) is 23.0 Å². The minimum absolute atomic E-state index is 0.112. The number of carbonyl (C=O) groups is 3. The third-order valence-electron chi connectivity index (χ3n) is 9.60. The number of aryl methyl sites for hydroxylation is 1. The average Bonchev–Trinajstić information content (AvgIpc) is 3.38. The number of nitrogens with one attached hydrogen (secondary N) is 2. The standard InChI is InChI=1S/C38H46N4O9S/c1-20(43)40-26-10-8-21-15-33(49-4)35(50-5)36(51-6)34(21)24-9-11-27(30(44)18-25(24)26)41-28(12-13-52-7)38(46)42-19-23-17-32(48-3)31(47-2)16-22(23)14-29(42)37(39)45/h9,11,15-18,26,28-29H,8,10,12-14,19H2,1-7H3,(H2,39,45)(H,40,43)(H,41,44). The van der Waals surface area contributed by atoms with Gasteiger partial charge in [-0.2, -0.15) is 11.8 Å². The van der Waals surface area contributed by atoms with E-state index in [2.05, 4.69) is 10.6 Å². The smallest absolute Gasteiger partial charge is 0.246 e. The highest BCUT2D eigenvalue weighted by atomic mass is 32.2. The average molecular weight is 735 g/mol. The molecule has 1 aliphatic carbocycles. The summed E-state index contributed by atoms with van der Waals surface area (Å²) < 4.78 is 28.2. The molecule has 1 aliphatic heterocycles. The van der Waals surface area contributed by atoms with Crippen molar-refractivity contribution in [2.24, 2.45) is 5.73 Å². The van der Waals surface area contributed by atoms with E-state index < -0.39 is 24.0 Å². The second-order valence-corrected chi connectivity index (χ2v) is 13.6. The number of primary amides is 1. The van der Waals surface area contributed by atoms with E-state index in [4.69, 9.17) is 29.4 Å². The predicted molar refractivity (Wildman–Crippen MR) is 200 cm³/mol. The summed E-state index contributed by atoms with van der Waals surface area (Å²) in [6, 6.07) is 8.15. The first kappa shape index (κ1) is 38.1. The normalized spacial score (nSPS) is 16.6. The maximum Gasteiger partial charge on any atom is 0.246 e. The highest BCUT2D eigenvalue weighted by molar-refractivity contribution is 7.98. The van der Waals surface area contributed by atoms with Crippen molar-refractivity contribution >= 4 is 35.2 Å². The lowest BCUT2D eigenvalue weighted by atomic mass is 9.92. The molecule has 0 aromatic heterocycles. The van der Waals surface area contributed by atoms with Crippen molar-refractivity contribution in [2.45, 2.75) is 57.3 Å². The number of rotatable bonds is 13. The van der Waals surface area contributed by atoms with Crippen LogP contribution in [0.5, 0.6) is 28.7 Å². The minimum atomic E-state index is -0.916. The largest absolute Gasteiger partial charge is 0.493 e. The maximum atomic E-state index is 14.5. The molecule has 14 heteroatoms. The molecule has 1 heterocycles. The van der Waals surface area contributed by atoms with Gasteiger partial charge >= 0.3 is 0 Å². The van der Waals surface area contributed by atoms with Gasteiger partial charge in [0, 0.05) is 25.5 Å². The van der Waals surface area contributed by atoms with Crippen molar-refractivity contribution in [3.8, 4) is 39.9 Å². The SMILES string of the molecule is COc1cc2c(cc1OC)CN(C(=O)C(CCSC)Nc1ccc3c(cc1=O)C(NC(C)=O)CCc1cc(OC)c(OC)c(OC)c1-3)C(C(N)=O)C2. The maximum absolute atomic E-state index is 14.5. The highest BCUT2D eigenvalue weighted by Crippen LogP contribution is 2.50. The number of nitrogens with zero attached hydrogens (tertiary/aromatic N) is 1. The summed E-state index contributed by atoms with van der Waals surface area (Å²) in [6.07, 6.45) is 3.55. The van der Waals surface area contributed by atoms with Gasteiger partial charge in [0.25, 0.3) is 0 Å². The Labute approximate surface area is 307 Å². The van der Waals surface area contributed by atoms with Crippen LogP contribution in [0.4, 0.5) is 5.69 Å². The van der Waals surface area contributed by atoms with Crippen LogP contribution in [0, 0.1) is 0 Å². The molecule has 278 valence electrons. The summed E-state index contributed by atoms with van der Waals surface area (Å²) in [7, 11) is 7.68. The third kappa shape index (κ3) is 7.57. The summed E-state index contributed by atoms with van der Waals surface area (Å²) in [5.74, 6) is 1.68. The van der Waals surface area contributed by atoms with Gasteiger partial charge in [-0.1, -0.05) is 6.07 Å². The van der Waals surface area contributed by atoms with Gasteiger partial charge in [-0.25, -0.2) is 0 Å². The summed E-state index contributed by atoms with van der Waals surface area (Å²) in [4.78, 5) is 55.3. The molecule has 4 N–H and O–H groups in total. The molecular weight excluding hydrogens is 689 g/mol. The van der Waals surface area contributed by atoms with Crippen LogP contribution in [0.25, 0.3) is 11.1 Å². The van der Waals surface area contributed by atoms with Crippen molar-refractivity contribution < 1.29 is 38.1 Å². The van der Waals surface area contributed by atoms with Gasteiger partial charge in [0.05, 0.1) is 47.3 Å². The summed E-state index contributed by atoms with van der Waals surface area (Å²) >= 11 is 1.56. The Morgan fingerprint density at radius 1 is 0.904 bits per heavy atom. The Kier molecular flexibility index (Phi) is 12.1. The van der Waals surface area contributed by atoms with Gasteiger partial charge in [-0.3, -0.25) is 19.2 Å². The Morgan fingerprint density at radius 2 is 1.56 bits per heavy atom. The summed E-state index contributed by atoms with van der Waals surface area (Å²) in [6.45, 7) is 1.55. The number of methoxy groups -OCH3 is 5. The predicted octanol–water partition coefficient (Wildman–Crippen LogP) is 3.85. The lowest BCUT2D eigenvalue weighted by molar-refractivity contribution is -0.141. The fourth-order valence-corrected chi connectivity index (χ4v) is 7.58. The van der Waals surface area contributed by atoms with E-state index in [9.17, 15) is 19.2 Å². The van der Waals surface area contributed by atoms with Crippen molar-refractivity contribution in [1.29, 1.82) is 0 Å². The Bertz CT molecular complexity index is 1920. The third-order valence-corrected chi connectivity index (χ3v) is 10.2. The molecule has 13 nitrogen and oxygen atoms in total. The van der Waals surface area contributed by atoms with E-state index in [1.54, 1.807) is 43.1 Å². The lowest BCUT2D eigenvalue weighted by Crippen LogP contribution is -2.55. The molecule has 5 rings (SSSR count). The zero-order valence-electron chi connectivity index (χ0n) is 30.5. The van der Waals surface area contributed by atoms with Gasteiger partial charge in [0.2, 0.25) is 28.9 Å². The first-order chi connectivity index (χ1) is 25.0. The molecule has 3 amide bonds. The first-order valence-corrected chi connectivity index (χ1v) is 18.3. The zero-order valence-corrected chi connectivity index (χ0v) is 31.4. The number of benzene rings is 2. The van der Waals surface area contributed by atoms with Gasteiger partial charge < -0.3 is 45.0 Å². The second-order valence-electron chi connectivity index (χ2n) is 12.6.